The van der Waals surface area contributed by atoms with Crippen molar-refractivity contribution in [2.45, 2.75) is 18.4 Å². The van der Waals surface area contributed by atoms with E-state index in [0.29, 0.717) is 6.54 Å². The van der Waals surface area contributed by atoms with Gasteiger partial charge in [-0.1, -0.05) is 42.3 Å². The highest BCUT2D eigenvalue weighted by Crippen LogP contribution is 2.27. The number of hydrogen-bond donors (Lipinski definition) is 0. The molecule has 2 aromatic rings. The number of carbonyl (C=O) groups is 1. The Kier molecular flexibility index (Phi) is 7.71. The number of ether oxygens (including phenoxy) is 1. The van der Waals surface area contributed by atoms with Crippen LogP contribution < -0.4 is 4.74 Å². The van der Waals surface area contributed by atoms with Crippen LogP contribution in [0.1, 0.15) is 12.5 Å². The van der Waals surface area contributed by atoms with Crippen LogP contribution in [0, 0.1) is 0 Å². The van der Waals surface area contributed by atoms with Crippen molar-refractivity contribution in [3.05, 3.63) is 58.1 Å². The number of nitrogens with zero attached hydrogens (tertiary/aromatic N) is 2. The third kappa shape index (κ3) is 5.38. The molecule has 0 aliphatic rings. The van der Waals surface area contributed by atoms with Crippen LogP contribution in [0.2, 0.25) is 10.0 Å². The number of halogens is 2. The first-order valence-electron chi connectivity index (χ1n) is 8.51. The molecule has 6 nitrogen and oxygen atoms in total. The van der Waals surface area contributed by atoms with Crippen molar-refractivity contribution in [1.29, 1.82) is 0 Å². The Hall–Kier alpha value is -1.80. The lowest BCUT2D eigenvalue weighted by Gasteiger charge is -2.24. The summed E-state index contributed by atoms with van der Waals surface area (Å²) in [6.07, 6.45) is 0. The maximum atomic E-state index is 12.9. The molecule has 0 N–H and O–H groups in total. The average molecular weight is 445 g/mol. The molecule has 0 unspecified atom stereocenters. The highest BCUT2D eigenvalue weighted by atomic mass is 35.5. The maximum absolute atomic E-state index is 12.9. The van der Waals surface area contributed by atoms with Crippen LogP contribution in [0.25, 0.3) is 0 Å². The van der Waals surface area contributed by atoms with E-state index in [9.17, 15) is 13.2 Å². The second kappa shape index (κ2) is 9.60. The van der Waals surface area contributed by atoms with Crippen LogP contribution in [-0.2, 0) is 21.4 Å². The topological polar surface area (TPSA) is 66.9 Å². The lowest BCUT2D eigenvalue weighted by molar-refractivity contribution is -0.130. The third-order valence-corrected chi connectivity index (χ3v) is 6.82. The summed E-state index contributed by atoms with van der Waals surface area (Å²) in [6, 6.07) is 11.5. The van der Waals surface area contributed by atoms with Crippen molar-refractivity contribution in [3.63, 3.8) is 0 Å². The van der Waals surface area contributed by atoms with Crippen molar-refractivity contribution < 1.29 is 17.9 Å². The number of rotatable bonds is 8. The standard InChI is InChI=1S/C19H22Cl2N2O4S/c1-4-23(28(25,26)18-11-15(20)7-10-17(18)21)13-19(24)22(2)12-14-5-8-16(27-3)9-6-14/h5-11H,4,12-13H2,1-3H3. The van der Waals surface area contributed by atoms with E-state index >= 15 is 0 Å². The number of sulfonamides is 1. The molecule has 0 saturated heterocycles. The molecule has 0 spiro atoms. The summed E-state index contributed by atoms with van der Waals surface area (Å²) in [5.41, 5.74) is 0.903. The van der Waals surface area contributed by atoms with Gasteiger partial charge in [0.15, 0.2) is 0 Å². The van der Waals surface area contributed by atoms with Gasteiger partial charge < -0.3 is 9.64 Å². The highest BCUT2D eigenvalue weighted by Gasteiger charge is 2.28. The van der Waals surface area contributed by atoms with E-state index in [-0.39, 0.29) is 33.9 Å². The highest BCUT2D eigenvalue weighted by molar-refractivity contribution is 7.89. The Labute approximate surface area is 175 Å². The van der Waals surface area contributed by atoms with Gasteiger partial charge in [-0.15, -0.1) is 0 Å². The molecule has 1 amide bonds. The summed E-state index contributed by atoms with van der Waals surface area (Å²) < 4.78 is 32.0. The van der Waals surface area contributed by atoms with E-state index in [0.717, 1.165) is 15.6 Å². The molecular weight excluding hydrogens is 423 g/mol. The SMILES string of the molecule is CCN(CC(=O)N(C)Cc1ccc(OC)cc1)S(=O)(=O)c1cc(Cl)ccc1Cl. The van der Waals surface area contributed by atoms with Crippen LogP contribution in [0.5, 0.6) is 5.75 Å². The van der Waals surface area contributed by atoms with Crippen molar-refractivity contribution in [2.24, 2.45) is 0 Å². The van der Waals surface area contributed by atoms with Crippen LogP contribution in [0.4, 0.5) is 0 Å². The Morgan fingerprint density at radius 1 is 1.11 bits per heavy atom. The zero-order chi connectivity index (χ0) is 20.9. The fraction of sp³-hybridized carbons (Fsp3) is 0.316. The van der Waals surface area contributed by atoms with E-state index in [1.165, 1.54) is 23.1 Å². The molecule has 2 rings (SSSR count). The Balaban J connectivity index is 2.13. The van der Waals surface area contributed by atoms with Crippen LogP contribution in [0.3, 0.4) is 0 Å². The van der Waals surface area contributed by atoms with Gasteiger partial charge in [0, 0.05) is 25.2 Å². The van der Waals surface area contributed by atoms with Gasteiger partial charge in [-0.05, 0) is 35.9 Å². The minimum Gasteiger partial charge on any atom is -0.497 e. The zero-order valence-electron chi connectivity index (χ0n) is 15.9. The average Bonchev–Trinajstić information content (AvgIpc) is 2.67. The fourth-order valence-electron chi connectivity index (χ4n) is 2.55. The van der Waals surface area contributed by atoms with Gasteiger partial charge in [-0.25, -0.2) is 8.42 Å². The Morgan fingerprint density at radius 3 is 2.32 bits per heavy atom. The summed E-state index contributed by atoms with van der Waals surface area (Å²) in [6.45, 7) is 1.83. The summed E-state index contributed by atoms with van der Waals surface area (Å²) in [7, 11) is -0.757. The Morgan fingerprint density at radius 2 is 1.75 bits per heavy atom. The van der Waals surface area contributed by atoms with Gasteiger partial charge in [-0.3, -0.25) is 4.79 Å². The minimum atomic E-state index is -3.96. The second-order valence-electron chi connectivity index (χ2n) is 6.10. The zero-order valence-corrected chi connectivity index (χ0v) is 18.2. The molecule has 2 aromatic carbocycles. The lowest BCUT2D eigenvalue weighted by Crippen LogP contribution is -2.41. The summed E-state index contributed by atoms with van der Waals surface area (Å²) in [5, 5.41) is 0.309. The second-order valence-corrected chi connectivity index (χ2v) is 8.85. The third-order valence-electron chi connectivity index (χ3n) is 4.18. The monoisotopic (exact) mass is 444 g/mol. The minimum absolute atomic E-state index is 0.0573. The molecule has 0 radical (unpaired) electrons. The van der Waals surface area contributed by atoms with Gasteiger partial charge in [0.1, 0.15) is 10.6 Å². The predicted octanol–water partition coefficient (Wildman–Crippen LogP) is 3.67. The van der Waals surface area contributed by atoms with Gasteiger partial charge in [-0.2, -0.15) is 4.31 Å². The number of likely N-dealkylation sites (N-methyl/N-ethyl adjacent to an activating group) is 2. The fourth-order valence-corrected chi connectivity index (χ4v) is 4.68. The molecule has 0 aliphatic carbocycles. The van der Waals surface area contributed by atoms with Crippen LogP contribution >= 0.6 is 23.2 Å². The number of methoxy groups -OCH3 is 1. The number of benzene rings is 2. The molecule has 0 bridgehead atoms. The van der Waals surface area contributed by atoms with Gasteiger partial charge in [0.2, 0.25) is 15.9 Å². The summed E-state index contributed by atoms with van der Waals surface area (Å²) in [5.74, 6) is 0.388. The number of hydrogen-bond acceptors (Lipinski definition) is 4. The Bertz CT molecular complexity index is 933. The van der Waals surface area contributed by atoms with Crippen LogP contribution in [0.15, 0.2) is 47.4 Å². The van der Waals surface area contributed by atoms with Gasteiger partial charge >= 0.3 is 0 Å². The largest absolute Gasteiger partial charge is 0.497 e. The van der Waals surface area contributed by atoms with Gasteiger partial charge in [0.25, 0.3) is 0 Å². The molecule has 0 atom stereocenters. The van der Waals surface area contributed by atoms with Crippen molar-refractivity contribution >= 4 is 39.1 Å². The molecule has 0 saturated carbocycles. The summed E-state index contributed by atoms with van der Waals surface area (Å²) in [4.78, 5) is 14.0. The number of amides is 1. The first kappa shape index (κ1) is 22.5. The van der Waals surface area contributed by atoms with Crippen LogP contribution in [-0.4, -0.2) is 50.8 Å². The first-order chi connectivity index (χ1) is 13.2. The van der Waals surface area contributed by atoms with E-state index in [1.54, 1.807) is 33.2 Å². The smallest absolute Gasteiger partial charge is 0.245 e. The molecule has 0 heterocycles. The number of carbonyl (C=O) groups excluding carboxylic acids is 1. The quantitative estimate of drug-likeness (QED) is 0.622. The molecule has 28 heavy (non-hydrogen) atoms. The lowest BCUT2D eigenvalue weighted by atomic mass is 10.2. The van der Waals surface area contributed by atoms with Gasteiger partial charge in [0.05, 0.1) is 18.7 Å². The molecule has 152 valence electrons. The van der Waals surface area contributed by atoms with Crippen molar-refractivity contribution in [2.75, 3.05) is 27.2 Å². The van der Waals surface area contributed by atoms with E-state index in [1.807, 2.05) is 12.1 Å². The summed E-state index contributed by atoms with van der Waals surface area (Å²) >= 11 is 12.0. The van der Waals surface area contributed by atoms with Crippen molar-refractivity contribution in [3.8, 4) is 5.75 Å². The predicted molar refractivity (Wildman–Crippen MR) is 110 cm³/mol. The maximum Gasteiger partial charge on any atom is 0.245 e. The van der Waals surface area contributed by atoms with E-state index < -0.39 is 10.0 Å². The molecule has 9 heteroatoms. The first-order valence-corrected chi connectivity index (χ1v) is 10.7. The molecule has 0 fully saturated rings. The van der Waals surface area contributed by atoms with Crippen molar-refractivity contribution in [1.82, 2.24) is 9.21 Å². The molecule has 0 aromatic heterocycles. The normalized spacial score (nSPS) is 11.5. The van der Waals surface area contributed by atoms with E-state index in [4.69, 9.17) is 27.9 Å². The molecular formula is C19H22Cl2N2O4S. The van der Waals surface area contributed by atoms with E-state index in [2.05, 4.69) is 0 Å². The molecule has 0 aliphatic heterocycles.